The van der Waals surface area contributed by atoms with Gasteiger partial charge in [-0.25, -0.2) is 0 Å². The number of benzene rings is 3. The Morgan fingerprint density at radius 3 is 2.05 bits per heavy atom. The van der Waals surface area contributed by atoms with Crippen LogP contribution in [-0.4, -0.2) is 107 Å². The van der Waals surface area contributed by atoms with Crippen molar-refractivity contribution in [3.8, 4) is 0 Å². The van der Waals surface area contributed by atoms with Gasteiger partial charge in [-0.2, -0.15) is 0 Å². The summed E-state index contributed by atoms with van der Waals surface area (Å²) in [5.41, 5.74) is 2.93. The normalized spacial score (nSPS) is 26.1. The standard InChI is InChI=1S/C45H53ClN2O13S/c1-26(50)55-25-39-42(57-28(3)52)43(58-29(4)53)41(56-27(2)51)38(60-39)22-40(62)47-35-7-5-6-32(20-35)44-59-36(21-37(61-44)31-10-8-30(24-49)9-11-31)23-48-18-16-45(54,17-19-48)33-12-14-34(46)15-13-33/h5-15,20,36-39,41-44,49,54H,16-19,21-25H2,1-4H3,(H,47,62). The molecule has 0 saturated carbocycles. The van der Waals surface area contributed by atoms with Crippen LogP contribution in [-0.2, 0) is 64.5 Å². The van der Waals surface area contributed by atoms with Crippen LogP contribution in [0.25, 0.3) is 0 Å². The third-order valence-corrected chi connectivity index (χ3v) is 11.6. The van der Waals surface area contributed by atoms with Crippen molar-refractivity contribution in [1.82, 2.24) is 4.90 Å². The van der Waals surface area contributed by atoms with Gasteiger partial charge in [-0.05, 0) is 53.8 Å². The number of hydrogen-bond donors (Lipinski definition) is 3. The first-order valence-electron chi connectivity index (χ1n) is 20.5. The Morgan fingerprint density at radius 1 is 0.806 bits per heavy atom. The van der Waals surface area contributed by atoms with E-state index in [4.69, 9.17) is 57.0 Å². The Balaban J connectivity index is 1.18. The molecule has 0 amide bonds. The molecule has 8 atom stereocenters. The highest BCUT2D eigenvalue weighted by atomic mass is 35.5. The smallest absolute Gasteiger partial charge is 0.303 e. The molecule has 62 heavy (non-hydrogen) atoms. The summed E-state index contributed by atoms with van der Waals surface area (Å²) in [6, 6.07) is 22.4. The van der Waals surface area contributed by atoms with Crippen LogP contribution in [0.3, 0.4) is 0 Å². The lowest BCUT2D eigenvalue weighted by Gasteiger charge is -2.44. The summed E-state index contributed by atoms with van der Waals surface area (Å²) in [5, 5.41) is 25.0. The van der Waals surface area contributed by atoms with Crippen LogP contribution in [0.5, 0.6) is 0 Å². The molecule has 3 fully saturated rings. The predicted molar refractivity (Wildman–Crippen MR) is 229 cm³/mol. The van der Waals surface area contributed by atoms with Crippen molar-refractivity contribution < 1.29 is 62.5 Å². The number of aliphatic hydroxyl groups excluding tert-OH is 1. The maximum atomic E-state index is 12.4. The predicted octanol–water partition coefficient (Wildman–Crippen LogP) is 5.62. The van der Waals surface area contributed by atoms with E-state index in [0.29, 0.717) is 55.2 Å². The number of carbonyl (C=O) groups excluding carboxylic acids is 4. The van der Waals surface area contributed by atoms with Gasteiger partial charge in [0.25, 0.3) is 0 Å². The van der Waals surface area contributed by atoms with E-state index >= 15 is 0 Å². The van der Waals surface area contributed by atoms with Crippen molar-refractivity contribution in [3.05, 3.63) is 100 Å². The van der Waals surface area contributed by atoms with E-state index in [1.807, 2.05) is 60.7 Å². The van der Waals surface area contributed by atoms with Crippen molar-refractivity contribution in [2.24, 2.45) is 0 Å². The zero-order valence-corrected chi connectivity index (χ0v) is 36.6. The highest BCUT2D eigenvalue weighted by molar-refractivity contribution is 7.80. The van der Waals surface area contributed by atoms with E-state index in [9.17, 15) is 29.4 Å². The van der Waals surface area contributed by atoms with E-state index in [1.54, 1.807) is 12.1 Å². The number of hydrogen-bond acceptors (Lipinski definition) is 15. The second kappa shape index (κ2) is 21.2. The van der Waals surface area contributed by atoms with E-state index in [0.717, 1.165) is 30.5 Å². The van der Waals surface area contributed by atoms with E-state index in [2.05, 4.69) is 10.2 Å². The van der Waals surface area contributed by atoms with Crippen molar-refractivity contribution in [2.75, 3.05) is 31.6 Å². The van der Waals surface area contributed by atoms with E-state index < -0.39 is 66.3 Å². The molecule has 6 rings (SSSR count). The zero-order valence-electron chi connectivity index (χ0n) is 35.0. The number of rotatable bonds is 14. The summed E-state index contributed by atoms with van der Waals surface area (Å²) >= 11 is 11.9. The quantitative estimate of drug-likeness (QED) is 0.103. The number of esters is 4. The molecule has 3 aromatic rings. The van der Waals surface area contributed by atoms with Crippen molar-refractivity contribution in [1.29, 1.82) is 0 Å². The number of halogens is 1. The number of nitrogens with one attached hydrogen (secondary N) is 1. The molecule has 3 N–H and O–H groups in total. The summed E-state index contributed by atoms with van der Waals surface area (Å²) in [5.74, 6) is -2.78. The maximum Gasteiger partial charge on any atom is 0.303 e. The molecule has 8 unspecified atom stereocenters. The summed E-state index contributed by atoms with van der Waals surface area (Å²) in [4.78, 5) is 51.1. The molecule has 0 bridgehead atoms. The fraction of sp³-hybridized carbons (Fsp3) is 0.489. The van der Waals surface area contributed by atoms with Gasteiger partial charge in [0.1, 0.15) is 18.8 Å². The average Bonchev–Trinajstić information content (AvgIpc) is 3.23. The summed E-state index contributed by atoms with van der Waals surface area (Å²) in [6.07, 6.45) is -5.69. The molecule has 3 aromatic carbocycles. The first-order chi connectivity index (χ1) is 29.6. The van der Waals surface area contributed by atoms with E-state index in [-0.39, 0.29) is 36.8 Å². The van der Waals surface area contributed by atoms with Crippen LogP contribution in [0.2, 0.25) is 5.02 Å². The van der Waals surface area contributed by atoms with Crippen LogP contribution >= 0.6 is 23.8 Å². The molecule has 3 saturated heterocycles. The van der Waals surface area contributed by atoms with Gasteiger partial charge in [-0.1, -0.05) is 72.3 Å². The Kier molecular flexibility index (Phi) is 16.1. The molecule has 3 heterocycles. The maximum absolute atomic E-state index is 12.4. The van der Waals surface area contributed by atoms with Gasteiger partial charge in [0.05, 0.1) is 29.4 Å². The van der Waals surface area contributed by atoms with Gasteiger partial charge in [-0.3, -0.25) is 19.2 Å². The minimum Gasteiger partial charge on any atom is -0.463 e. The molecule has 17 heteroatoms. The second-order valence-electron chi connectivity index (χ2n) is 15.8. The van der Waals surface area contributed by atoms with Gasteiger partial charge < -0.3 is 53.6 Å². The number of thiocarbonyl (C=S) groups is 1. The molecule has 3 aliphatic rings. The largest absolute Gasteiger partial charge is 0.463 e. The van der Waals surface area contributed by atoms with Crippen LogP contribution in [0.15, 0.2) is 72.8 Å². The SMILES string of the molecule is CC(=O)OCC1OC(CC(=S)Nc2cccc(C3OC(CN4CCC(O)(c5ccc(Cl)cc5)CC4)CC(c4ccc(CO)cc4)O3)c2)C(OC(C)=O)C(OC(C)=O)C1OC(C)=O. The Labute approximate surface area is 370 Å². The molecule has 0 aliphatic carbocycles. The minimum absolute atomic E-state index is 0.0496. The number of ether oxygens (including phenoxy) is 7. The number of anilines is 1. The van der Waals surface area contributed by atoms with Crippen LogP contribution < -0.4 is 5.32 Å². The Bertz CT molecular complexity index is 2050. The number of aliphatic hydroxyl groups is 2. The minimum atomic E-state index is -1.31. The lowest BCUT2D eigenvalue weighted by molar-refractivity contribution is -0.253. The Hall–Kier alpha value is -4.52. The highest BCUT2D eigenvalue weighted by Gasteiger charge is 2.52. The second-order valence-corrected chi connectivity index (χ2v) is 16.7. The number of piperidine rings is 1. The van der Waals surface area contributed by atoms with Gasteiger partial charge in [-0.15, -0.1) is 0 Å². The number of likely N-dealkylation sites (tertiary alicyclic amines) is 1. The lowest BCUT2D eigenvalue weighted by atomic mass is 9.84. The summed E-state index contributed by atoms with van der Waals surface area (Å²) in [6.45, 7) is 6.21. The first kappa shape index (κ1) is 47.0. The summed E-state index contributed by atoms with van der Waals surface area (Å²) in [7, 11) is 0. The van der Waals surface area contributed by atoms with Crippen molar-refractivity contribution in [2.45, 2.75) is 115 Å². The molecule has 0 spiro atoms. The monoisotopic (exact) mass is 896 g/mol. The topological polar surface area (TPSA) is 189 Å². The Morgan fingerprint density at radius 2 is 1.44 bits per heavy atom. The van der Waals surface area contributed by atoms with Crippen LogP contribution in [0, 0.1) is 0 Å². The van der Waals surface area contributed by atoms with Crippen molar-refractivity contribution in [3.63, 3.8) is 0 Å². The fourth-order valence-corrected chi connectivity index (χ4v) is 8.52. The van der Waals surface area contributed by atoms with Gasteiger partial charge in [0.15, 0.2) is 24.6 Å². The van der Waals surface area contributed by atoms with Gasteiger partial charge in [0.2, 0.25) is 0 Å². The molecule has 0 aromatic heterocycles. The molecule has 15 nitrogen and oxygen atoms in total. The first-order valence-corrected chi connectivity index (χ1v) is 21.3. The molecular weight excluding hydrogens is 844 g/mol. The molecule has 3 aliphatic heterocycles. The third kappa shape index (κ3) is 12.6. The third-order valence-electron chi connectivity index (χ3n) is 11.1. The molecular formula is C45H53ClN2O13S. The van der Waals surface area contributed by atoms with Gasteiger partial charge in [0, 0.05) is 76.4 Å². The lowest BCUT2D eigenvalue weighted by Crippen LogP contribution is -2.62. The number of carbonyl (C=O) groups is 4. The fourth-order valence-electron chi connectivity index (χ4n) is 8.12. The van der Waals surface area contributed by atoms with Gasteiger partial charge >= 0.3 is 23.9 Å². The molecule has 0 radical (unpaired) electrons. The van der Waals surface area contributed by atoms with Crippen LogP contribution in [0.1, 0.15) is 88.0 Å². The van der Waals surface area contributed by atoms with E-state index in [1.165, 1.54) is 13.8 Å². The van der Waals surface area contributed by atoms with Crippen molar-refractivity contribution >= 4 is 58.4 Å². The summed E-state index contributed by atoms with van der Waals surface area (Å²) < 4.78 is 41.4. The highest BCUT2D eigenvalue weighted by Crippen LogP contribution is 2.40. The average molecular weight is 897 g/mol. The molecule has 334 valence electrons. The van der Waals surface area contributed by atoms with Crippen LogP contribution in [0.4, 0.5) is 5.69 Å². The zero-order chi connectivity index (χ0) is 44.6. The number of nitrogens with zero attached hydrogens (tertiary/aromatic N) is 1.